The molecule has 9 heteroatoms. The topological polar surface area (TPSA) is 91.3 Å². The molecule has 45 heavy (non-hydrogen) atoms. The summed E-state index contributed by atoms with van der Waals surface area (Å²) in [4.78, 5) is 22.7. The number of phosphoric ester groups is 1. The maximum atomic E-state index is 12.6. The third kappa shape index (κ3) is 33.9. The Balaban J connectivity index is 4.40. The number of ether oxygens (including phenoxy) is 2. The van der Waals surface area contributed by atoms with E-state index in [2.05, 4.69) is 50.3 Å². The van der Waals surface area contributed by atoms with Gasteiger partial charge in [-0.2, -0.15) is 0 Å². The molecule has 0 heterocycles. The van der Waals surface area contributed by atoms with Crippen molar-refractivity contribution in [3.63, 3.8) is 0 Å². The first-order valence-corrected chi connectivity index (χ1v) is 19.2. The monoisotopic (exact) mass is 658 g/mol. The Labute approximate surface area is 276 Å². The van der Waals surface area contributed by atoms with Gasteiger partial charge >= 0.3 is 13.8 Å². The van der Waals surface area contributed by atoms with Crippen LogP contribution in [0.1, 0.15) is 129 Å². The first-order valence-electron chi connectivity index (χ1n) is 17.7. The number of carbonyl (C=O) groups excluding carboxylic acids is 1. The predicted molar refractivity (Wildman–Crippen MR) is 187 cm³/mol. The number of hydrogen-bond donors (Lipinski definition) is 1. The van der Waals surface area contributed by atoms with Gasteiger partial charge in [-0.25, -0.2) is 4.57 Å². The maximum Gasteiger partial charge on any atom is 0.472 e. The number of allylic oxidation sites excluding steroid dienone is 6. The van der Waals surface area contributed by atoms with Crippen molar-refractivity contribution in [3.05, 3.63) is 36.5 Å². The highest BCUT2D eigenvalue weighted by atomic mass is 31.2. The van der Waals surface area contributed by atoms with Crippen LogP contribution >= 0.6 is 7.82 Å². The average Bonchev–Trinajstić information content (AvgIpc) is 2.98. The lowest BCUT2D eigenvalue weighted by molar-refractivity contribution is -0.870. The van der Waals surface area contributed by atoms with Crippen LogP contribution < -0.4 is 0 Å². The van der Waals surface area contributed by atoms with E-state index in [1.165, 1.54) is 51.4 Å². The van der Waals surface area contributed by atoms with E-state index < -0.39 is 13.9 Å². The molecular formula is C36H69NO7P+. The molecule has 1 N–H and O–H groups in total. The summed E-state index contributed by atoms with van der Waals surface area (Å²) in [7, 11) is 1.64. The molecule has 0 radical (unpaired) electrons. The molecule has 2 atom stereocenters. The molecular weight excluding hydrogens is 589 g/mol. The van der Waals surface area contributed by atoms with Gasteiger partial charge in [-0.05, 0) is 44.9 Å². The van der Waals surface area contributed by atoms with E-state index >= 15 is 0 Å². The Morgan fingerprint density at radius 1 is 0.711 bits per heavy atom. The first kappa shape index (κ1) is 43.7. The van der Waals surface area contributed by atoms with Gasteiger partial charge in [-0.15, -0.1) is 0 Å². The fourth-order valence-electron chi connectivity index (χ4n) is 4.45. The zero-order valence-electron chi connectivity index (χ0n) is 29.6. The van der Waals surface area contributed by atoms with Gasteiger partial charge in [-0.3, -0.25) is 13.8 Å². The van der Waals surface area contributed by atoms with E-state index in [-0.39, 0.29) is 25.8 Å². The zero-order valence-corrected chi connectivity index (χ0v) is 30.5. The Morgan fingerprint density at radius 2 is 1.29 bits per heavy atom. The smallest absolute Gasteiger partial charge is 0.457 e. The summed E-state index contributed by atoms with van der Waals surface area (Å²) in [6, 6.07) is 0. The minimum Gasteiger partial charge on any atom is -0.457 e. The van der Waals surface area contributed by atoms with Crippen molar-refractivity contribution in [2.45, 2.75) is 136 Å². The molecule has 264 valence electrons. The van der Waals surface area contributed by atoms with Crippen LogP contribution in [0.15, 0.2) is 36.5 Å². The lowest BCUT2D eigenvalue weighted by atomic mass is 10.1. The predicted octanol–water partition coefficient (Wildman–Crippen LogP) is 9.48. The third-order valence-electron chi connectivity index (χ3n) is 7.22. The Morgan fingerprint density at radius 3 is 1.91 bits per heavy atom. The summed E-state index contributed by atoms with van der Waals surface area (Å²) >= 11 is 0. The molecule has 8 nitrogen and oxygen atoms in total. The van der Waals surface area contributed by atoms with Gasteiger partial charge in [0.05, 0.1) is 34.4 Å². The molecule has 2 unspecified atom stereocenters. The molecule has 0 rings (SSSR count). The number of unbranched alkanes of at least 4 members (excludes halogenated alkanes) is 12. The molecule has 0 spiro atoms. The van der Waals surface area contributed by atoms with Gasteiger partial charge in [0.1, 0.15) is 19.3 Å². The van der Waals surface area contributed by atoms with Crippen LogP contribution in [0.4, 0.5) is 0 Å². The van der Waals surface area contributed by atoms with Crippen molar-refractivity contribution in [1.29, 1.82) is 0 Å². The van der Waals surface area contributed by atoms with Crippen LogP contribution in [-0.4, -0.2) is 75.6 Å². The molecule has 0 aliphatic heterocycles. The number of nitrogens with zero attached hydrogens (tertiary/aromatic N) is 1. The summed E-state index contributed by atoms with van der Waals surface area (Å²) in [5.41, 5.74) is 0. The van der Waals surface area contributed by atoms with Gasteiger partial charge in [0.2, 0.25) is 0 Å². The summed E-state index contributed by atoms with van der Waals surface area (Å²) in [6.07, 6.45) is 31.7. The highest BCUT2D eigenvalue weighted by Crippen LogP contribution is 2.43. The van der Waals surface area contributed by atoms with Crippen LogP contribution in [-0.2, 0) is 27.9 Å². The number of likely N-dealkylation sites (N-methyl/N-ethyl adjacent to an activating group) is 1. The van der Waals surface area contributed by atoms with Crippen LogP contribution in [0.3, 0.4) is 0 Å². The number of carbonyl (C=O) groups is 1. The van der Waals surface area contributed by atoms with E-state index in [1.807, 2.05) is 21.1 Å². The Kier molecular flexibility index (Phi) is 29.2. The molecule has 0 aromatic carbocycles. The summed E-state index contributed by atoms with van der Waals surface area (Å²) in [5.74, 6) is -0.345. The van der Waals surface area contributed by atoms with Crippen LogP contribution in [0.25, 0.3) is 0 Å². The fourth-order valence-corrected chi connectivity index (χ4v) is 5.19. The fraction of sp³-hybridized carbons (Fsp3) is 0.806. The highest BCUT2D eigenvalue weighted by Gasteiger charge is 2.26. The van der Waals surface area contributed by atoms with E-state index in [0.29, 0.717) is 24.1 Å². The molecule has 0 aromatic rings. The van der Waals surface area contributed by atoms with E-state index in [4.69, 9.17) is 18.5 Å². The van der Waals surface area contributed by atoms with Crippen molar-refractivity contribution in [1.82, 2.24) is 0 Å². The molecule has 0 amide bonds. The van der Waals surface area contributed by atoms with Crippen molar-refractivity contribution >= 4 is 13.8 Å². The second-order valence-corrected chi connectivity index (χ2v) is 14.3. The molecule has 0 aliphatic carbocycles. The second kappa shape index (κ2) is 30.1. The van der Waals surface area contributed by atoms with Crippen LogP contribution in [0.5, 0.6) is 0 Å². The van der Waals surface area contributed by atoms with Crippen molar-refractivity contribution < 1.29 is 37.3 Å². The molecule has 0 saturated heterocycles. The van der Waals surface area contributed by atoms with Crippen LogP contribution in [0.2, 0.25) is 0 Å². The number of phosphoric acid groups is 1. The number of esters is 1. The largest absolute Gasteiger partial charge is 0.472 e. The lowest BCUT2D eigenvalue weighted by Crippen LogP contribution is -2.37. The number of rotatable bonds is 32. The summed E-state index contributed by atoms with van der Waals surface area (Å²) in [6.45, 7) is 5.44. The Bertz CT molecular complexity index is 823. The number of hydrogen-bond acceptors (Lipinski definition) is 6. The van der Waals surface area contributed by atoms with Crippen LogP contribution in [0, 0.1) is 0 Å². The minimum atomic E-state index is -4.27. The molecule has 0 aliphatic rings. The minimum absolute atomic E-state index is 0.0828. The summed E-state index contributed by atoms with van der Waals surface area (Å²) in [5, 5.41) is 0. The third-order valence-corrected chi connectivity index (χ3v) is 8.20. The van der Waals surface area contributed by atoms with Crippen molar-refractivity contribution in [2.75, 3.05) is 54.1 Å². The molecule has 0 saturated carbocycles. The van der Waals surface area contributed by atoms with Gasteiger partial charge in [0, 0.05) is 13.0 Å². The van der Waals surface area contributed by atoms with Crippen molar-refractivity contribution in [2.24, 2.45) is 0 Å². The quantitative estimate of drug-likeness (QED) is 0.0253. The molecule has 0 bridgehead atoms. The standard InChI is InChI=1S/C36H68NO7P/c1-6-8-10-12-14-16-18-19-20-21-23-25-27-29-36(38)44-35(34-43-45(39,40)42-32-30-37(3,4)5)33-41-31-28-26-24-22-17-15-13-11-9-7-2/h8,10,14,16,19-20,35H,6-7,9,11-13,15,17-18,21-34H2,1-5H3/p+1/b10-8-,16-14-,20-19-. The average molecular weight is 659 g/mol. The maximum absolute atomic E-state index is 12.6. The van der Waals surface area contributed by atoms with E-state index in [9.17, 15) is 14.3 Å². The highest BCUT2D eigenvalue weighted by molar-refractivity contribution is 7.47. The molecule has 0 fully saturated rings. The van der Waals surface area contributed by atoms with Crippen molar-refractivity contribution in [3.8, 4) is 0 Å². The number of quaternary nitrogens is 1. The second-order valence-electron chi connectivity index (χ2n) is 12.9. The Hall–Kier alpha value is -1.28. The van der Waals surface area contributed by atoms with Gasteiger partial charge in [0.25, 0.3) is 0 Å². The summed E-state index contributed by atoms with van der Waals surface area (Å²) < 4.78 is 34.7. The van der Waals surface area contributed by atoms with Gasteiger partial charge in [0.15, 0.2) is 0 Å². The SMILES string of the molecule is CC/C=C\C/C=C\C/C=C\CCCCCC(=O)OC(COCCCCCCCCCCCC)COP(=O)(O)OCC[N+](C)(C)C. The van der Waals surface area contributed by atoms with E-state index in [0.717, 1.165) is 57.8 Å². The van der Waals surface area contributed by atoms with Gasteiger partial charge in [-0.1, -0.05) is 115 Å². The van der Waals surface area contributed by atoms with E-state index in [1.54, 1.807) is 0 Å². The molecule has 0 aromatic heterocycles. The normalized spacial score (nSPS) is 14.5. The zero-order chi connectivity index (χ0) is 33.5. The van der Waals surface area contributed by atoms with Gasteiger partial charge < -0.3 is 18.9 Å². The lowest BCUT2D eigenvalue weighted by Gasteiger charge is -2.24. The first-order chi connectivity index (χ1) is 21.6.